The molecule has 1 spiro atoms. The van der Waals surface area contributed by atoms with Gasteiger partial charge >= 0.3 is 0 Å². The molecule has 5 rings (SSSR count). The first-order valence-electron chi connectivity index (χ1n) is 9.74. The zero-order valence-corrected chi connectivity index (χ0v) is 17.1. The van der Waals surface area contributed by atoms with Crippen LogP contribution in [0.2, 0.25) is 5.02 Å². The molecule has 1 aliphatic carbocycles. The Kier molecular flexibility index (Phi) is 3.90. The standard InChI is InChI=1S/C21H22ClN5O2/c1-20(7-12-3-4-12)11-21(18(28)27(2)19(23)26-21)15-6-16(25-10-17(15)29-20)13-5-14(22)9-24-8-13/h5-6,8-10,12H,3-4,7,11H2,1-2H3,(H2,23,26). The van der Waals surface area contributed by atoms with Crippen LogP contribution in [0.15, 0.2) is 35.7 Å². The average Bonchev–Trinajstić information content (AvgIpc) is 3.46. The van der Waals surface area contributed by atoms with E-state index < -0.39 is 11.1 Å². The van der Waals surface area contributed by atoms with Crippen molar-refractivity contribution in [3.8, 4) is 17.0 Å². The van der Waals surface area contributed by atoms with Crippen molar-refractivity contribution in [1.29, 1.82) is 0 Å². The van der Waals surface area contributed by atoms with E-state index in [1.807, 2.05) is 6.07 Å². The van der Waals surface area contributed by atoms with Gasteiger partial charge in [0.05, 0.1) is 16.9 Å². The Morgan fingerprint density at radius 3 is 2.76 bits per heavy atom. The van der Waals surface area contributed by atoms with E-state index in [1.165, 1.54) is 17.7 Å². The molecule has 150 valence electrons. The van der Waals surface area contributed by atoms with E-state index >= 15 is 0 Å². The fourth-order valence-corrected chi connectivity index (χ4v) is 4.71. The molecule has 7 nitrogen and oxygen atoms in total. The van der Waals surface area contributed by atoms with Crippen LogP contribution < -0.4 is 10.5 Å². The van der Waals surface area contributed by atoms with Gasteiger partial charge in [0.1, 0.15) is 11.4 Å². The van der Waals surface area contributed by atoms with Gasteiger partial charge in [-0.3, -0.25) is 19.7 Å². The Morgan fingerprint density at radius 2 is 2.10 bits per heavy atom. The van der Waals surface area contributed by atoms with E-state index in [4.69, 9.17) is 22.1 Å². The van der Waals surface area contributed by atoms with E-state index in [2.05, 4.69) is 21.9 Å². The lowest BCUT2D eigenvalue weighted by atomic mass is 9.75. The van der Waals surface area contributed by atoms with E-state index in [-0.39, 0.29) is 11.9 Å². The molecule has 0 saturated heterocycles. The molecular formula is C21H22ClN5O2. The van der Waals surface area contributed by atoms with Crippen molar-refractivity contribution >= 4 is 23.5 Å². The van der Waals surface area contributed by atoms with Crippen LogP contribution in [0.4, 0.5) is 0 Å². The maximum Gasteiger partial charge on any atom is 0.261 e. The van der Waals surface area contributed by atoms with Crippen LogP contribution >= 0.6 is 11.6 Å². The molecule has 1 saturated carbocycles. The van der Waals surface area contributed by atoms with E-state index in [9.17, 15) is 4.79 Å². The number of pyridine rings is 2. The van der Waals surface area contributed by atoms with Crippen LogP contribution in [-0.4, -0.2) is 39.4 Å². The van der Waals surface area contributed by atoms with Crippen LogP contribution in [-0.2, 0) is 10.3 Å². The van der Waals surface area contributed by atoms with Gasteiger partial charge in [0.2, 0.25) is 0 Å². The maximum absolute atomic E-state index is 13.4. The molecule has 2 unspecified atom stereocenters. The maximum atomic E-state index is 13.4. The summed E-state index contributed by atoms with van der Waals surface area (Å²) in [5, 5.41) is 0.518. The number of likely N-dealkylation sites (N-methyl/N-ethyl adjacent to an activating group) is 1. The van der Waals surface area contributed by atoms with Crippen LogP contribution in [0.5, 0.6) is 5.75 Å². The summed E-state index contributed by atoms with van der Waals surface area (Å²) in [4.78, 5) is 28.2. The molecule has 0 aromatic carbocycles. The second kappa shape index (κ2) is 6.16. The molecule has 2 aliphatic heterocycles. The summed E-state index contributed by atoms with van der Waals surface area (Å²) in [7, 11) is 1.66. The Bertz CT molecular complexity index is 1050. The largest absolute Gasteiger partial charge is 0.485 e. The summed E-state index contributed by atoms with van der Waals surface area (Å²) in [6.45, 7) is 2.06. The first-order chi connectivity index (χ1) is 13.8. The van der Waals surface area contributed by atoms with Gasteiger partial charge in [-0.1, -0.05) is 24.4 Å². The number of hydrogen-bond donors (Lipinski definition) is 1. The molecule has 8 heteroatoms. The summed E-state index contributed by atoms with van der Waals surface area (Å²) in [6.07, 6.45) is 8.68. The lowest BCUT2D eigenvalue weighted by Crippen LogP contribution is -2.50. The third kappa shape index (κ3) is 2.95. The number of carbonyl (C=O) groups excluding carboxylic acids is 1. The van der Waals surface area contributed by atoms with Gasteiger partial charge in [-0.15, -0.1) is 0 Å². The lowest BCUT2D eigenvalue weighted by molar-refractivity contribution is -0.134. The molecule has 2 atom stereocenters. The summed E-state index contributed by atoms with van der Waals surface area (Å²) >= 11 is 6.10. The molecular weight excluding hydrogens is 390 g/mol. The highest BCUT2D eigenvalue weighted by molar-refractivity contribution is 6.30. The minimum atomic E-state index is -1.10. The number of rotatable bonds is 3. The molecule has 2 aromatic heterocycles. The smallest absolute Gasteiger partial charge is 0.261 e. The van der Waals surface area contributed by atoms with Crippen LogP contribution in [0.1, 0.15) is 38.2 Å². The molecule has 4 heterocycles. The number of nitrogens with zero attached hydrogens (tertiary/aromatic N) is 4. The Balaban J connectivity index is 1.66. The van der Waals surface area contributed by atoms with Crippen molar-refractivity contribution in [2.75, 3.05) is 7.05 Å². The number of aromatic nitrogens is 2. The average molecular weight is 412 g/mol. The van der Waals surface area contributed by atoms with Crippen molar-refractivity contribution < 1.29 is 9.53 Å². The molecule has 2 aromatic rings. The molecule has 3 aliphatic rings. The van der Waals surface area contributed by atoms with Crippen molar-refractivity contribution in [1.82, 2.24) is 14.9 Å². The summed E-state index contributed by atoms with van der Waals surface area (Å²) in [6, 6.07) is 3.64. The quantitative estimate of drug-likeness (QED) is 0.837. The molecule has 0 bridgehead atoms. The first kappa shape index (κ1) is 18.4. The highest BCUT2D eigenvalue weighted by atomic mass is 35.5. The highest BCUT2D eigenvalue weighted by Crippen LogP contribution is 2.52. The zero-order valence-electron chi connectivity index (χ0n) is 16.4. The van der Waals surface area contributed by atoms with Crippen molar-refractivity contribution in [3.63, 3.8) is 0 Å². The van der Waals surface area contributed by atoms with Gasteiger partial charge in [-0.05, 0) is 31.4 Å². The van der Waals surface area contributed by atoms with Gasteiger partial charge in [0.15, 0.2) is 11.5 Å². The lowest BCUT2D eigenvalue weighted by Gasteiger charge is -2.43. The number of carbonyl (C=O) groups is 1. The third-order valence-electron chi connectivity index (χ3n) is 6.02. The number of nitrogens with two attached hydrogens (primary N) is 1. The van der Waals surface area contributed by atoms with Crippen molar-refractivity contribution in [3.05, 3.63) is 41.3 Å². The van der Waals surface area contributed by atoms with E-state index in [0.29, 0.717) is 34.4 Å². The SMILES string of the molecule is CN1C(=O)C2(CC(C)(CC3CC3)Oc3cnc(-c4cncc(Cl)c4)cc32)N=C1N. The fourth-order valence-electron chi connectivity index (χ4n) is 4.53. The number of fused-ring (bicyclic) bond motifs is 2. The Hall–Kier alpha value is -2.67. The second-order valence-electron chi connectivity index (χ2n) is 8.53. The van der Waals surface area contributed by atoms with E-state index in [1.54, 1.807) is 31.7 Å². The van der Waals surface area contributed by atoms with Crippen LogP contribution in [0.3, 0.4) is 0 Å². The fraction of sp³-hybridized carbons (Fsp3) is 0.429. The minimum absolute atomic E-state index is 0.136. The van der Waals surface area contributed by atoms with Gasteiger partial charge < -0.3 is 10.5 Å². The highest BCUT2D eigenvalue weighted by Gasteiger charge is 2.57. The van der Waals surface area contributed by atoms with Gasteiger partial charge in [-0.25, -0.2) is 4.99 Å². The molecule has 1 fully saturated rings. The summed E-state index contributed by atoms with van der Waals surface area (Å²) in [5.41, 5.74) is 6.58. The Morgan fingerprint density at radius 1 is 1.31 bits per heavy atom. The number of ether oxygens (including phenoxy) is 1. The van der Waals surface area contributed by atoms with Crippen molar-refractivity contribution in [2.24, 2.45) is 16.6 Å². The van der Waals surface area contributed by atoms with E-state index in [0.717, 1.165) is 12.0 Å². The number of amides is 1. The van der Waals surface area contributed by atoms with Crippen LogP contribution in [0.25, 0.3) is 11.3 Å². The summed E-state index contributed by atoms with van der Waals surface area (Å²) in [5.74, 6) is 1.31. The van der Waals surface area contributed by atoms with Gasteiger partial charge in [-0.2, -0.15) is 0 Å². The normalized spacial score (nSPS) is 28.3. The zero-order chi connectivity index (χ0) is 20.4. The van der Waals surface area contributed by atoms with Gasteiger partial charge in [0, 0.05) is 37.0 Å². The predicted molar refractivity (Wildman–Crippen MR) is 110 cm³/mol. The molecule has 2 N–H and O–H groups in total. The Labute approximate surface area is 173 Å². The third-order valence-corrected chi connectivity index (χ3v) is 6.23. The predicted octanol–water partition coefficient (Wildman–Crippen LogP) is 3.12. The molecule has 29 heavy (non-hydrogen) atoms. The molecule has 1 amide bonds. The monoisotopic (exact) mass is 411 g/mol. The molecule has 0 radical (unpaired) electrons. The van der Waals surface area contributed by atoms with Gasteiger partial charge in [0.25, 0.3) is 5.91 Å². The number of hydrogen-bond acceptors (Lipinski definition) is 6. The minimum Gasteiger partial charge on any atom is -0.485 e. The first-order valence-corrected chi connectivity index (χ1v) is 10.1. The number of guanidine groups is 1. The topological polar surface area (TPSA) is 93.7 Å². The van der Waals surface area contributed by atoms with Crippen LogP contribution in [0, 0.1) is 5.92 Å². The number of halogens is 1. The second-order valence-corrected chi connectivity index (χ2v) is 8.96. The summed E-state index contributed by atoms with van der Waals surface area (Å²) < 4.78 is 6.41. The number of aliphatic imine (C=N–C) groups is 1. The van der Waals surface area contributed by atoms with Crippen molar-refractivity contribution in [2.45, 2.75) is 43.7 Å².